The summed E-state index contributed by atoms with van der Waals surface area (Å²) in [7, 11) is 1.78. The molecule has 3 rings (SSSR count). The Morgan fingerprint density at radius 1 is 1.32 bits per heavy atom. The van der Waals surface area contributed by atoms with Crippen LogP contribution < -0.4 is 5.32 Å². The summed E-state index contributed by atoms with van der Waals surface area (Å²) in [5.41, 5.74) is 3.56. The number of hydrogen-bond acceptors (Lipinski definition) is 4. The molecule has 0 amide bonds. The fourth-order valence-corrected chi connectivity index (χ4v) is 3.56. The highest BCUT2D eigenvalue weighted by Crippen LogP contribution is 2.38. The Morgan fingerprint density at radius 3 is 2.84 bits per heavy atom. The number of methoxy groups -OCH3 is 1. The predicted octanol–water partition coefficient (Wildman–Crippen LogP) is 4.22. The van der Waals surface area contributed by atoms with Gasteiger partial charge in [-0.3, -0.25) is 0 Å². The Morgan fingerprint density at radius 2 is 2.11 bits per heavy atom. The van der Waals surface area contributed by atoms with Crippen molar-refractivity contribution in [3.8, 4) is 0 Å². The van der Waals surface area contributed by atoms with Gasteiger partial charge in [-0.05, 0) is 38.3 Å². The van der Waals surface area contributed by atoms with Crippen molar-refractivity contribution in [2.45, 2.75) is 32.3 Å². The van der Waals surface area contributed by atoms with E-state index in [1.807, 2.05) is 0 Å². The number of aryl methyl sites for hydroxylation is 2. The number of ether oxygens (including phenoxy) is 1. The summed E-state index contributed by atoms with van der Waals surface area (Å²) in [6.45, 7) is 2.09. The summed E-state index contributed by atoms with van der Waals surface area (Å²) in [6.07, 6.45) is 3.57. The standard InChI is InChI=1S/C15H18N2OS/c1-10-6-8-11(9-7-10)16-15-17-12-4-3-5-13(18-2)14(12)19-15/h6-9,13H,3-5H2,1-2H3,(H,16,17). The highest BCUT2D eigenvalue weighted by Gasteiger charge is 2.24. The first kappa shape index (κ1) is 12.6. The van der Waals surface area contributed by atoms with E-state index >= 15 is 0 Å². The van der Waals surface area contributed by atoms with Crippen molar-refractivity contribution in [1.82, 2.24) is 4.98 Å². The van der Waals surface area contributed by atoms with Crippen molar-refractivity contribution in [1.29, 1.82) is 0 Å². The van der Waals surface area contributed by atoms with Crippen LogP contribution in [0.4, 0.5) is 10.8 Å². The lowest BCUT2D eigenvalue weighted by molar-refractivity contribution is 0.0908. The fourth-order valence-electron chi connectivity index (χ4n) is 2.42. The van der Waals surface area contributed by atoms with E-state index in [1.165, 1.54) is 22.6 Å². The van der Waals surface area contributed by atoms with E-state index in [9.17, 15) is 0 Å². The third-order valence-corrected chi connectivity index (χ3v) is 4.59. The molecule has 1 aliphatic rings. The number of thiazole rings is 1. The maximum atomic E-state index is 5.54. The number of anilines is 2. The summed E-state index contributed by atoms with van der Waals surface area (Å²) in [6, 6.07) is 8.38. The highest BCUT2D eigenvalue weighted by atomic mass is 32.1. The molecule has 0 radical (unpaired) electrons. The van der Waals surface area contributed by atoms with Gasteiger partial charge in [0.15, 0.2) is 5.13 Å². The topological polar surface area (TPSA) is 34.1 Å². The predicted molar refractivity (Wildman–Crippen MR) is 79.3 cm³/mol. The number of nitrogens with zero attached hydrogens (tertiary/aromatic N) is 1. The normalized spacial score (nSPS) is 18.1. The molecule has 1 atom stereocenters. The summed E-state index contributed by atoms with van der Waals surface area (Å²) in [4.78, 5) is 5.99. The third-order valence-electron chi connectivity index (χ3n) is 3.49. The molecule has 0 spiro atoms. The minimum Gasteiger partial charge on any atom is -0.376 e. The molecule has 1 aromatic carbocycles. The second-order valence-corrected chi connectivity index (χ2v) is 5.97. The van der Waals surface area contributed by atoms with Crippen LogP contribution in [-0.2, 0) is 11.2 Å². The summed E-state index contributed by atoms with van der Waals surface area (Å²) >= 11 is 1.72. The van der Waals surface area contributed by atoms with Gasteiger partial charge in [0.2, 0.25) is 0 Å². The van der Waals surface area contributed by atoms with Crippen LogP contribution in [0.1, 0.15) is 35.1 Å². The van der Waals surface area contributed by atoms with Crippen LogP contribution >= 0.6 is 11.3 Å². The number of aromatic nitrogens is 1. The molecule has 0 saturated heterocycles. The lowest BCUT2D eigenvalue weighted by Gasteiger charge is -2.18. The van der Waals surface area contributed by atoms with Crippen LogP contribution in [0.2, 0.25) is 0 Å². The van der Waals surface area contributed by atoms with Crippen LogP contribution in [0.15, 0.2) is 24.3 Å². The van der Waals surface area contributed by atoms with E-state index < -0.39 is 0 Å². The molecule has 19 heavy (non-hydrogen) atoms. The maximum absolute atomic E-state index is 5.54. The number of fused-ring (bicyclic) bond motifs is 1. The molecule has 0 saturated carbocycles. The van der Waals surface area contributed by atoms with E-state index in [1.54, 1.807) is 18.4 Å². The first-order valence-electron chi connectivity index (χ1n) is 6.62. The van der Waals surface area contributed by atoms with Gasteiger partial charge in [-0.2, -0.15) is 0 Å². The Kier molecular flexibility index (Phi) is 3.53. The third kappa shape index (κ3) is 2.65. The summed E-state index contributed by atoms with van der Waals surface area (Å²) in [5, 5.41) is 4.36. The highest BCUT2D eigenvalue weighted by molar-refractivity contribution is 7.15. The van der Waals surface area contributed by atoms with E-state index in [2.05, 4.69) is 36.5 Å². The van der Waals surface area contributed by atoms with Gasteiger partial charge in [0.1, 0.15) is 0 Å². The fraction of sp³-hybridized carbons (Fsp3) is 0.400. The first-order valence-corrected chi connectivity index (χ1v) is 7.44. The zero-order chi connectivity index (χ0) is 13.2. The molecule has 3 nitrogen and oxygen atoms in total. The number of benzene rings is 1. The van der Waals surface area contributed by atoms with E-state index in [-0.39, 0.29) is 6.10 Å². The van der Waals surface area contributed by atoms with Gasteiger partial charge >= 0.3 is 0 Å². The molecule has 1 N–H and O–H groups in total. The van der Waals surface area contributed by atoms with Crippen molar-refractivity contribution in [2.75, 3.05) is 12.4 Å². The Labute approximate surface area is 117 Å². The molecule has 1 aliphatic carbocycles. The van der Waals surface area contributed by atoms with Crippen molar-refractivity contribution in [3.63, 3.8) is 0 Å². The molecule has 4 heteroatoms. The van der Waals surface area contributed by atoms with Crippen molar-refractivity contribution < 1.29 is 4.74 Å². The van der Waals surface area contributed by atoms with Gasteiger partial charge < -0.3 is 10.1 Å². The molecule has 100 valence electrons. The Bertz CT molecular complexity index is 562. The lowest BCUT2D eigenvalue weighted by atomic mass is 10.0. The minimum atomic E-state index is 0.231. The maximum Gasteiger partial charge on any atom is 0.187 e. The molecule has 1 heterocycles. The molecule has 0 fully saturated rings. The van der Waals surface area contributed by atoms with E-state index in [0.29, 0.717) is 0 Å². The average molecular weight is 274 g/mol. The molecular formula is C15H18N2OS. The van der Waals surface area contributed by atoms with E-state index in [4.69, 9.17) is 9.72 Å². The second-order valence-electron chi connectivity index (χ2n) is 4.94. The molecule has 0 bridgehead atoms. The Balaban J connectivity index is 1.82. The van der Waals surface area contributed by atoms with E-state index in [0.717, 1.165) is 23.7 Å². The number of rotatable bonds is 3. The van der Waals surface area contributed by atoms with Gasteiger partial charge in [0, 0.05) is 12.8 Å². The quantitative estimate of drug-likeness (QED) is 0.910. The van der Waals surface area contributed by atoms with Gasteiger partial charge in [-0.1, -0.05) is 29.0 Å². The largest absolute Gasteiger partial charge is 0.376 e. The summed E-state index contributed by atoms with van der Waals surface area (Å²) in [5.74, 6) is 0. The monoisotopic (exact) mass is 274 g/mol. The van der Waals surface area contributed by atoms with Crippen LogP contribution in [-0.4, -0.2) is 12.1 Å². The van der Waals surface area contributed by atoms with Gasteiger partial charge in [0.05, 0.1) is 16.7 Å². The summed E-state index contributed by atoms with van der Waals surface area (Å²) < 4.78 is 5.54. The van der Waals surface area contributed by atoms with Crippen LogP contribution in [0.5, 0.6) is 0 Å². The smallest absolute Gasteiger partial charge is 0.187 e. The SMILES string of the molecule is COC1CCCc2nc(Nc3ccc(C)cc3)sc21. The molecule has 0 aliphatic heterocycles. The van der Waals surface area contributed by atoms with Crippen molar-refractivity contribution in [3.05, 3.63) is 40.4 Å². The van der Waals surface area contributed by atoms with Gasteiger partial charge in [-0.15, -0.1) is 0 Å². The van der Waals surface area contributed by atoms with Gasteiger partial charge in [0.25, 0.3) is 0 Å². The van der Waals surface area contributed by atoms with Crippen LogP contribution in [0, 0.1) is 6.92 Å². The molecular weight excluding hydrogens is 256 g/mol. The second kappa shape index (κ2) is 5.31. The van der Waals surface area contributed by atoms with Crippen molar-refractivity contribution >= 4 is 22.2 Å². The number of hydrogen-bond donors (Lipinski definition) is 1. The molecule has 1 unspecified atom stereocenters. The average Bonchev–Trinajstić information content (AvgIpc) is 2.83. The first-order chi connectivity index (χ1) is 9.26. The Hall–Kier alpha value is -1.39. The molecule has 2 aromatic rings. The minimum absolute atomic E-state index is 0.231. The van der Waals surface area contributed by atoms with Crippen molar-refractivity contribution in [2.24, 2.45) is 0 Å². The lowest BCUT2D eigenvalue weighted by Crippen LogP contribution is -2.08. The zero-order valence-electron chi connectivity index (χ0n) is 11.3. The van der Waals surface area contributed by atoms with Crippen LogP contribution in [0.25, 0.3) is 0 Å². The van der Waals surface area contributed by atoms with Gasteiger partial charge in [-0.25, -0.2) is 4.98 Å². The molecule has 1 aromatic heterocycles. The number of nitrogens with one attached hydrogen (secondary N) is 1. The zero-order valence-corrected chi connectivity index (χ0v) is 12.1. The van der Waals surface area contributed by atoms with Crippen LogP contribution in [0.3, 0.4) is 0 Å².